The zero-order chi connectivity index (χ0) is 21.1. The summed E-state index contributed by atoms with van der Waals surface area (Å²) < 4.78 is 25.3. The first-order valence-corrected chi connectivity index (χ1v) is 12.7. The van der Waals surface area contributed by atoms with E-state index in [1.165, 1.54) is 34.7 Å². The van der Waals surface area contributed by atoms with Crippen LogP contribution in [0.5, 0.6) is 5.88 Å². The maximum atomic E-state index is 13.4. The van der Waals surface area contributed by atoms with Gasteiger partial charge in [0.1, 0.15) is 10.5 Å². The Kier molecular flexibility index (Phi) is 4.47. The molecule has 0 fully saturated rings. The van der Waals surface area contributed by atoms with E-state index in [1.807, 2.05) is 13.8 Å². The fourth-order valence-electron chi connectivity index (χ4n) is 4.90. The molecule has 1 aromatic heterocycles. The Morgan fingerprint density at radius 1 is 1.27 bits per heavy atom. The summed E-state index contributed by atoms with van der Waals surface area (Å²) in [7, 11) is -2.99. The van der Waals surface area contributed by atoms with E-state index in [0.717, 1.165) is 50.6 Å². The Labute approximate surface area is 177 Å². The van der Waals surface area contributed by atoms with Crippen LogP contribution in [0.25, 0.3) is 0 Å². The van der Waals surface area contributed by atoms with Crippen LogP contribution >= 0.6 is 0 Å². The molecule has 2 unspecified atom stereocenters. The van der Waals surface area contributed by atoms with Crippen molar-refractivity contribution < 1.29 is 13.7 Å². The number of hydrogen-bond donors (Lipinski definition) is 1. The van der Waals surface area contributed by atoms with Crippen LogP contribution in [0.3, 0.4) is 0 Å². The molecule has 1 N–H and O–H groups in total. The van der Waals surface area contributed by atoms with Crippen molar-refractivity contribution in [1.82, 2.24) is 9.78 Å². The largest absolute Gasteiger partial charge is 0.469 e. The number of nitrogens with one attached hydrogen (secondary N) is 1. The number of ether oxygens (including phenoxy) is 1. The van der Waals surface area contributed by atoms with E-state index in [4.69, 9.17) is 4.74 Å². The molecule has 1 aliphatic heterocycles. The Morgan fingerprint density at radius 3 is 2.57 bits per heavy atom. The van der Waals surface area contributed by atoms with Gasteiger partial charge in [0.15, 0.2) is 0 Å². The quantitative estimate of drug-likeness (QED) is 0.797. The van der Waals surface area contributed by atoms with Gasteiger partial charge in [0.2, 0.25) is 5.88 Å². The molecule has 2 amide bonds. The van der Waals surface area contributed by atoms with E-state index in [-0.39, 0.29) is 5.60 Å². The van der Waals surface area contributed by atoms with Crippen LogP contribution in [-0.2, 0) is 42.0 Å². The molecule has 30 heavy (non-hydrogen) atoms. The molecule has 0 bridgehead atoms. The van der Waals surface area contributed by atoms with E-state index in [0.29, 0.717) is 17.3 Å². The van der Waals surface area contributed by atoms with Crippen LogP contribution in [0.2, 0.25) is 0 Å². The first kappa shape index (κ1) is 19.6. The van der Waals surface area contributed by atoms with Crippen LogP contribution in [0.1, 0.15) is 55.4 Å². The molecular weight excluding hydrogens is 400 g/mol. The number of benzene rings is 1. The maximum Gasteiger partial charge on any atom is 0.353 e. The summed E-state index contributed by atoms with van der Waals surface area (Å²) in [5.74, 6) is 0.463. The standard InChI is InChI=1S/C22H28N4O3S/c1-4-22(2)13-26-20(29-22)18(12-23-26)30(3,28)25-21(27)24-19-16-9-5-7-14(16)11-15-8-6-10-17(15)19/h11-12H,4-10,13H2,1-3H3,(H,24,27). The maximum absolute atomic E-state index is 13.4. The summed E-state index contributed by atoms with van der Waals surface area (Å²) in [6, 6.07) is 1.76. The van der Waals surface area contributed by atoms with Crippen LogP contribution in [0, 0.1) is 0 Å². The number of aromatic nitrogens is 2. The van der Waals surface area contributed by atoms with Gasteiger partial charge in [0.25, 0.3) is 0 Å². The van der Waals surface area contributed by atoms with E-state index in [1.54, 1.807) is 4.68 Å². The highest BCUT2D eigenvalue weighted by Crippen LogP contribution is 2.39. The zero-order valence-corrected chi connectivity index (χ0v) is 18.6. The van der Waals surface area contributed by atoms with Crippen molar-refractivity contribution in [3.63, 3.8) is 0 Å². The lowest BCUT2D eigenvalue weighted by atomic mass is 9.99. The normalized spacial score (nSPS) is 23.3. The van der Waals surface area contributed by atoms with Crippen molar-refractivity contribution in [2.24, 2.45) is 4.36 Å². The minimum Gasteiger partial charge on any atom is -0.469 e. The average Bonchev–Trinajstić information content (AvgIpc) is 3.43. The first-order valence-electron chi connectivity index (χ1n) is 10.7. The van der Waals surface area contributed by atoms with Gasteiger partial charge in [-0.2, -0.15) is 5.10 Å². The van der Waals surface area contributed by atoms with Crippen molar-refractivity contribution in [1.29, 1.82) is 0 Å². The monoisotopic (exact) mass is 428 g/mol. The van der Waals surface area contributed by atoms with Gasteiger partial charge >= 0.3 is 6.03 Å². The van der Waals surface area contributed by atoms with Gasteiger partial charge in [-0.05, 0) is 74.1 Å². The van der Waals surface area contributed by atoms with Crippen LogP contribution in [0.15, 0.2) is 21.5 Å². The molecule has 8 heteroatoms. The third-order valence-electron chi connectivity index (χ3n) is 6.70. The molecule has 2 aromatic rings. The summed E-state index contributed by atoms with van der Waals surface area (Å²) in [6.45, 7) is 4.65. The van der Waals surface area contributed by atoms with Crippen LogP contribution < -0.4 is 10.1 Å². The van der Waals surface area contributed by atoms with E-state index < -0.39 is 15.8 Å². The van der Waals surface area contributed by atoms with Gasteiger partial charge in [-0.15, -0.1) is 4.36 Å². The highest BCUT2D eigenvalue weighted by Gasteiger charge is 2.37. The van der Waals surface area contributed by atoms with Gasteiger partial charge in [-0.25, -0.2) is 13.7 Å². The summed E-state index contributed by atoms with van der Waals surface area (Å²) >= 11 is 0. The number of carbonyl (C=O) groups excluding carboxylic acids is 1. The summed E-state index contributed by atoms with van der Waals surface area (Å²) in [5.41, 5.74) is 5.68. The topological polar surface area (TPSA) is 85.6 Å². The molecular formula is C22H28N4O3S. The molecule has 5 rings (SSSR count). The van der Waals surface area contributed by atoms with Crippen molar-refractivity contribution in [3.8, 4) is 5.88 Å². The highest BCUT2D eigenvalue weighted by molar-refractivity contribution is 7.93. The minimum absolute atomic E-state index is 0.374. The number of urea groups is 1. The van der Waals surface area contributed by atoms with Crippen LogP contribution in [-0.4, -0.2) is 31.9 Å². The van der Waals surface area contributed by atoms with Crippen molar-refractivity contribution in [2.75, 3.05) is 11.6 Å². The number of anilines is 1. The Bertz CT molecular complexity index is 1140. The number of aryl methyl sites for hydroxylation is 2. The zero-order valence-electron chi connectivity index (χ0n) is 17.8. The molecule has 0 radical (unpaired) electrons. The summed E-state index contributed by atoms with van der Waals surface area (Å²) in [6.07, 6.45) is 10.1. The Morgan fingerprint density at radius 2 is 1.93 bits per heavy atom. The van der Waals surface area contributed by atoms with E-state index in [2.05, 4.69) is 20.8 Å². The van der Waals surface area contributed by atoms with Crippen molar-refractivity contribution in [3.05, 3.63) is 34.5 Å². The molecule has 0 saturated carbocycles. The van der Waals surface area contributed by atoms with Crippen molar-refractivity contribution in [2.45, 2.75) is 75.8 Å². The average molecular weight is 429 g/mol. The third-order valence-corrected chi connectivity index (χ3v) is 8.32. The second kappa shape index (κ2) is 6.83. The minimum atomic E-state index is -2.99. The lowest BCUT2D eigenvalue weighted by molar-refractivity contribution is 0.105. The molecule has 1 aromatic carbocycles. The number of amides is 2. The number of hydrogen-bond acceptors (Lipinski definition) is 4. The second-order valence-electron chi connectivity index (χ2n) is 8.94. The van der Waals surface area contributed by atoms with Crippen LogP contribution in [0.4, 0.5) is 10.5 Å². The number of rotatable bonds is 3. The second-order valence-corrected chi connectivity index (χ2v) is 11.2. The molecule has 2 aliphatic carbocycles. The Balaban J connectivity index is 1.47. The molecule has 2 heterocycles. The fourth-order valence-corrected chi connectivity index (χ4v) is 6.08. The third kappa shape index (κ3) is 3.12. The molecule has 2 atom stereocenters. The molecule has 160 valence electrons. The van der Waals surface area contributed by atoms with Gasteiger partial charge < -0.3 is 10.1 Å². The van der Waals surface area contributed by atoms with Gasteiger partial charge in [-0.1, -0.05) is 13.0 Å². The molecule has 7 nitrogen and oxygen atoms in total. The summed E-state index contributed by atoms with van der Waals surface area (Å²) in [4.78, 5) is 13.3. The van der Waals surface area contributed by atoms with E-state index >= 15 is 0 Å². The molecule has 0 saturated heterocycles. The lowest BCUT2D eigenvalue weighted by Crippen LogP contribution is -2.30. The number of fused-ring (bicyclic) bond motifs is 3. The summed E-state index contributed by atoms with van der Waals surface area (Å²) in [5, 5.41) is 7.32. The first-order chi connectivity index (χ1) is 14.3. The predicted octanol–water partition coefficient (Wildman–Crippen LogP) is 4.11. The number of nitrogens with zero attached hydrogens (tertiary/aromatic N) is 3. The van der Waals surface area contributed by atoms with Gasteiger partial charge in [-0.3, -0.25) is 0 Å². The molecule has 3 aliphatic rings. The van der Waals surface area contributed by atoms with Gasteiger partial charge in [0, 0.05) is 11.9 Å². The predicted molar refractivity (Wildman–Crippen MR) is 116 cm³/mol. The molecule has 0 spiro atoms. The highest BCUT2D eigenvalue weighted by atomic mass is 32.2. The smallest absolute Gasteiger partial charge is 0.353 e. The SMILES string of the molecule is CCC1(C)Cn2ncc(S(C)(=O)=NC(=O)Nc3c4c(cc5c3CCC5)CCC4)c2O1. The van der Waals surface area contributed by atoms with E-state index in [9.17, 15) is 9.00 Å². The van der Waals surface area contributed by atoms with Gasteiger partial charge in [0.05, 0.1) is 22.5 Å². The lowest BCUT2D eigenvalue weighted by Gasteiger charge is -2.20. The fraction of sp³-hybridized carbons (Fsp3) is 0.545. The Hall–Kier alpha value is -2.35. The van der Waals surface area contributed by atoms with Crippen molar-refractivity contribution >= 4 is 21.4 Å². The number of carbonyl (C=O) groups is 1.